The van der Waals surface area contributed by atoms with Crippen LogP contribution in [-0.2, 0) is 4.79 Å². The van der Waals surface area contributed by atoms with Gasteiger partial charge in [0.15, 0.2) is 0 Å². The van der Waals surface area contributed by atoms with E-state index >= 15 is 0 Å². The molecular formula is C10H20O. The van der Waals surface area contributed by atoms with Gasteiger partial charge in [-0.3, -0.25) is 0 Å². The maximum Gasteiger partial charge on any atom is 0.129 e. The summed E-state index contributed by atoms with van der Waals surface area (Å²) in [5, 5.41) is 0. The molecule has 0 aromatic rings. The number of carbonyl (C=O) groups is 1. The minimum atomic E-state index is 0.307. The summed E-state index contributed by atoms with van der Waals surface area (Å²) in [6, 6.07) is 0. The lowest BCUT2D eigenvalue weighted by Crippen LogP contribution is -2.17. The van der Waals surface area contributed by atoms with Crippen molar-refractivity contribution in [2.75, 3.05) is 0 Å². The van der Waals surface area contributed by atoms with Gasteiger partial charge in [-0.25, -0.2) is 0 Å². The van der Waals surface area contributed by atoms with Crippen molar-refractivity contribution in [1.29, 1.82) is 0 Å². The predicted molar refractivity (Wildman–Crippen MR) is 48.5 cm³/mol. The molecule has 0 aliphatic carbocycles. The third kappa shape index (κ3) is 5.00. The minimum absolute atomic E-state index is 0.307. The van der Waals surface area contributed by atoms with Crippen molar-refractivity contribution in [3.05, 3.63) is 0 Å². The van der Waals surface area contributed by atoms with Gasteiger partial charge in [0.2, 0.25) is 0 Å². The molecule has 11 heavy (non-hydrogen) atoms. The van der Waals surface area contributed by atoms with E-state index in [2.05, 4.69) is 27.7 Å². The van der Waals surface area contributed by atoms with Crippen molar-refractivity contribution in [2.45, 2.75) is 47.5 Å². The topological polar surface area (TPSA) is 17.1 Å². The van der Waals surface area contributed by atoms with Crippen LogP contribution in [0.4, 0.5) is 0 Å². The number of Topliss-reactive ketones (excluding diaryl/α,β-unsaturated/α-hetero) is 1. The van der Waals surface area contributed by atoms with Gasteiger partial charge in [-0.15, -0.1) is 0 Å². The van der Waals surface area contributed by atoms with Gasteiger partial charge in [-0.2, -0.15) is 0 Å². The zero-order chi connectivity index (χ0) is 9.07. The Kier molecular flexibility index (Phi) is 3.77. The van der Waals surface area contributed by atoms with Crippen LogP contribution in [0.25, 0.3) is 0 Å². The second-order valence-electron chi connectivity index (χ2n) is 4.51. The Morgan fingerprint density at radius 2 is 1.82 bits per heavy atom. The molecule has 0 saturated carbocycles. The molecular weight excluding hydrogens is 136 g/mol. The van der Waals surface area contributed by atoms with Gasteiger partial charge in [0.05, 0.1) is 0 Å². The molecule has 0 radical (unpaired) electrons. The maximum absolute atomic E-state index is 10.7. The summed E-state index contributed by atoms with van der Waals surface area (Å²) >= 11 is 0. The van der Waals surface area contributed by atoms with E-state index in [-0.39, 0.29) is 0 Å². The third-order valence-electron chi connectivity index (χ3n) is 2.41. The smallest absolute Gasteiger partial charge is 0.129 e. The minimum Gasteiger partial charge on any atom is -0.300 e. The number of rotatable bonds is 3. The predicted octanol–water partition coefficient (Wildman–Crippen LogP) is 3.04. The van der Waals surface area contributed by atoms with Gasteiger partial charge >= 0.3 is 0 Å². The van der Waals surface area contributed by atoms with Crippen LogP contribution in [0.3, 0.4) is 0 Å². The van der Waals surface area contributed by atoms with Crippen LogP contribution in [-0.4, -0.2) is 5.78 Å². The highest BCUT2D eigenvalue weighted by Gasteiger charge is 2.19. The molecule has 0 heterocycles. The molecule has 0 aliphatic rings. The molecule has 1 nitrogen and oxygen atoms in total. The summed E-state index contributed by atoms with van der Waals surface area (Å²) in [4.78, 5) is 10.7. The van der Waals surface area contributed by atoms with Crippen LogP contribution in [0.5, 0.6) is 0 Å². The molecule has 0 spiro atoms. The van der Waals surface area contributed by atoms with E-state index in [9.17, 15) is 4.79 Å². The van der Waals surface area contributed by atoms with Crippen molar-refractivity contribution in [1.82, 2.24) is 0 Å². The monoisotopic (exact) mass is 156 g/mol. The van der Waals surface area contributed by atoms with E-state index in [0.29, 0.717) is 17.1 Å². The molecule has 0 bridgehead atoms. The van der Waals surface area contributed by atoms with E-state index in [1.165, 1.54) is 0 Å². The molecule has 1 unspecified atom stereocenters. The lowest BCUT2D eigenvalue weighted by molar-refractivity contribution is -0.117. The first-order valence-corrected chi connectivity index (χ1v) is 4.33. The number of ketones is 1. The van der Waals surface area contributed by atoms with Gasteiger partial charge in [0.1, 0.15) is 5.78 Å². The van der Waals surface area contributed by atoms with E-state index in [4.69, 9.17) is 0 Å². The molecule has 1 heteroatoms. The second kappa shape index (κ2) is 3.89. The maximum atomic E-state index is 10.7. The zero-order valence-corrected chi connectivity index (χ0v) is 8.40. The molecule has 1 atom stereocenters. The van der Waals surface area contributed by atoms with Gasteiger partial charge < -0.3 is 4.79 Å². The highest BCUT2D eigenvalue weighted by atomic mass is 16.1. The Morgan fingerprint density at radius 3 is 2.09 bits per heavy atom. The van der Waals surface area contributed by atoms with Gasteiger partial charge in [-0.1, -0.05) is 27.7 Å². The average Bonchev–Trinajstić information content (AvgIpc) is 1.80. The highest BCUT2D eigenvalue weighted by molar-refractivity contribution is 5.75. The SMILES string of the molecule is CC(=O)CCC(C)C(C)(C)C. The van der Waals surface area contributed by atoms with E-state index in [1.54, 1.807) is 6.92 Å². The first kappa shape index (κ1) is 10.7. The van der Waals surface area contributed by atoms with Gasteiger partial charge in [0.25, 0.3) is 0 Å². The quantitative estimate of drug-likeness (QED) is 0.614. The summed E-state index contributed by atoms with van der Waals surface area (Å²) in [5.74, 6) is 0.937. The normalized spacial score (nSPS) is 14.6. The third-order valence-corrected chi connectivity index (χ3v) is 2.41. The van der Waals surface area contributed by atoms with E-state index in [1.807, 2.05) is 0 Å². The number of hydrogen-bond donors (Lipinski definition) is 0. The number of hydrogen-bond acceptors (Lipinski definition) is 1. The fourth-order valence-electron chi connectivity index (χ4n) is 0.853. The molecule has 0 aromatic heterocycles. The van der Waals surface area contributed by atoms with Crippen molar-refractivity contribution in [2.24, 2.45) is 11.3 Å². The van der Waals surface area contributed by atoms with Crippen LogP contribution < -0.4 is 0 Å². The molecule has 0 aromatic carbocycles. The molecule has 0 rings (SSSR count). The van der Waals surface area contributed by atoms with Crippen LogP contribution in [0.15, 0.2) is 0 Å². The Balaban J connectivity index is 3.70. The Morgan fingerprint density at radius 1 is 1.36 bits per heavy atom. The van der Waals surface area contributed by atoms with Crippen molar-refractivity contribution < 1.29 is 4.79 Å². The fourth-order valence-corrected chi connectivity index (χ4v) is 0.853. The van der Waals surface area contributed by atoms with Crippen LogP contribution in [0, 0.1) is 11.3 Å². The lowest BCUT2D eigenvalue weighted by atomic mass is 9.79. The van der Waals surface area contributed by atoms with Crippen molar-refractivity contribution in [3.63, 3.8) is 0 Å². The summed E-state index contributed by atoms with van der Waals surface area (Å²) in [6.45, 7) is 10.5. The summed E-state index contributed by atoms with van der Waals surface area (Å²) in [7, 11) is 0. The van der Waals surface area contributed by atoms with E-state index in [0.717, 1.165) is 12.8 Å². The standard InChI is InChI=1S/C10H20O/c1-8(10(3,4)5)6-7-9(2)11/h8H,6-7H2,1-5H3. The Labute approximate surface area is 70.2 Å². The lowest BCUT2D eigenvalue weighted by Gasteiger charge is -2.26. The summed E-state index contributed by atoms with van der Waals surface area (Å²) in [5.41, 5.74) is 0.343. The Hall–Kier alpha value is -0.330. The van der Waals surface area contributed by atoms with Crippen LogP contribution in [0.2, 0.25) is 0 Å². The Bertz CT molecular complexity index is 130. The molecule has 0 saturated heterocycles. The molecule has 0 fully saturated rings. The summed E-state index contributed by atoms with van der Waals surface area (Å²) < 4.78 is 0. The van der Waals surface area contributed by atoms with Crippen molar-refractivity contribution in [3.8, 4) is 0 Å². The van der Waals surface area contributed by atoms with Crippen molar-refractivity contribution >= 4 is 5.78 Å². The fraction of sp³-hybridized carbons (Fsp3) is 0.900. The van der Waals surface area contributed by atoms with E-state index < -0.39 is 0 Å². The molecule has 0 amide bonds. The molecule has 0 N–H and O–H groups in total. The largest absolute Gasteiger partial charge is 0.300 e. The van der Waals surface area contributed by atoms with Gasteiger partial charge in [0, 0.05) is 6.42 Å². The second-order valence-corrected chi connectivity index (χ2v) is 4.51. The number of carbonyl (C=O) groups excluding carboxylic acids is 1. The first-order valence-electron chi connectivity index (χ1n) is 4.33. The average molecular weight is 156 g/mol. The van der Waals surface area contributed by atoms with Gasteiger partial charge in [-0.05, 0) is 24.7 Å². The zero-order valence-electron chi connectivity index (χ0n) is 8.40. The summed E-state index contributed by atoms with van der Waals surface area (Å²) in [6.07, 6.45) is 1.76. The van der Waals surface area contributed by atoms with Crippen LogP contribution >= 0.6 is 0 Å². The van der Waals surface area contributed by atoms with Crippen LogP contribution in [0.1, 0.15) is 47.5 Å². The molecule has 0 aliphatic heterocycles. The highest BCUT2D eigenvalue weighted by Crippen LogP contribution is 2.28. The molecule has 66 valence electrons. The first-order chi connectivity index (χ1) is 4.84.